The standard InChI is InChI=1S/C26H20N2O2/c1-2-30-22-13-11-21(12-14-22)28-26(29)20(17-27)16-25-23-9-5-3-7-18(23)15-19-8-4-6-10-24(19)25/h3-16H,2H2,1H3,(H,28,29)/b20-16-. The lowest BCUT2D eigenvalue weighted by Gasteiger charge is -2.10. The van der Waals surface area contributed by atoms with E-state index >= 15 is 0 Å². The van der Waals surface area contributed by atoms with E-state index in [1.807, 2.05) is 55.5 Å². The van der Waals surface area contributed by atoms with E-state index in [9.17, 15) is 10.1 Å². The van der Waals surface area contributed by atoms with Gasteiger partial charge in [-0.2, -0.15) is 5.26 Å². The highest BCUT2D eigenvalue weighted by Gasteiger charge is 2.13. The summed E-state index contributed by atoms with van der Waals surface area (Å²) < 4.78 is 5.42. The van der Waals surface area contributed by atoms with Gasteiger partial charge in [0.2, 0.25) is 0 Å². The molecule has 4 aromatic carbocycles. The summed E-state index contributed by atoms with van der Waals surface area (Å²) in [5.41, 5.74) is 1.51. The monoisotopic (exact) mass is 392 g/mol. The molecule has 4 heteroatoms. The summed E-state index contributed by atoms with van der Waals surface area (Å²) in [5, 5.41) is 16.6. The molecule has 146 valence electrons. The zero-order valence-electron chi connectivity index (χ0n) is 16.6. The zero-order chi connectivity index (χ0) is 20.9. The Morgan fingerprint density at radius 3 is 2.13 bits per heavy atom. The van der Waals surface area contributed by atoms with Crippen molar-refractivity contribution in [2.24, 2.45) is 0 Å². The molecule has 0 aromatic heterocycles. The minimum atomic E-state index is -0.446. The first-order chi connectivity index (χ1) is 14.7. The summed E-state index contributed by atoms with van der Waals surface area (Å²) in [6.45, 7) is 2.49. The van der Waals surface area contributed by atoms with Crippen LogP contribution in [0.5, 0.6) is 5.75 Å². The maximum atomic E-state index is 12.8. The van der Waals surface area contributed by atoms with E-state index in [0.717, 1.165) is 32.9 Å². The number of nitrogens with zero attached hydrogens (tertiary/aromatic N) is 1. The van der Waals surface area contributed by atoms with Crippen LogP contribution in [0, 0.1) is 11.3 Å². The number of carbonyl (C=O) groups excluding carboxylic acids is 1. The van der Waals surface area contributed by atoms with Crippen LogP contribution in [0.25, 0.3) is 27.6 Å². The Balaban J connectivity index is 1.74. The summed E-state index contributed by atoms with van der Waals surface area (Å²) >= 11 is 0. The van der Waals surface area contributed by atoms with E-state index in [2.05, 4.69) is 17.5 Å². The van der Waals surface area contributed by atoms with Crippen molar-refractivity contribution >= 4 is 39.2 Å². The number of carbonyl (C=O) groups is 1. The number of amides is 1. The predicted octanol–water partition coefficient (Wildman–Crippen LogP) is 5.94. The van der Waals surface area contributed by atoms with Gasteiger partial charge < -0.3 is 10.1 Å². The first-order valence-corrected chi connectivity index (χ1v) is 9.76. The van der Waals surface area contributed by atoms with Gasteiger partial charge in [0.25, 0.3) is 5.91 Å². The Hall–Kier alpha value is -4.10. The Bertz CT molecular complexity index is 1240. The molecular weight excluding hydrogens is 372 g/mol. The number of hydrogen-bond donors (Lipinski definition) is 1. The van der Waals surface area contributed by atoms with Gasteiger partial charge in [-0.25, -0.2) is 0 Å². The van der Waals surface area contributed by atoms with Gasteiger partial charge in [0.1, 0.15) is 17.4 Å². The molecule has 0 aliphatic rings. The highest BCUT2D eigenvalue weighted by Crippen LogP contribution is 2.30. The van der Waals surface area contributed by atoms with Crippen LogP contribution in [0.3, 0.4) is 0 Å². The van der Waals surface area contributed by atoms with E-state index < -0.39 is 5.91 Å². The average Bonchev–Trinajstić information content (AvgIpc) is 2.78. The van der Waals surface area contributed by atoms with Crippen LogP contribution in [-0.4, -0.2) is 12.5 Å². The SMILES string of the molecule is CCOc1ccc(NC(=O)/C(C#N)=C\c2c3ccccc3cc3ccccc23)cc1. The van der Waals surface area contributed by atoms with E-state index in [4.69, 9.17) is 4.74 Å². The van der Waals surface area contributed by atoms with Gasteiger partial charge in [-0.1, -0.05) is 48.5 Å². The predicted molar refractivity (Wildman–Crippen MR) is 121 cm³/mol. The van der Waals surface area contributed by atoms with E-state index in [1.54, 1.807) is 30.3 Å². The Morgan fingerprint density at radius 2 is 1.57 bits per heavy atom. The summed E-state index contributed by atoms with van der Waals surface area (Å²) in [6.07, 6.45) is 1.68. The lowest BCUT2D eigenvalue weighted by molar-refractivity contribution is -0.112. The fourth-order valence-corrected chi connectivity index (χ4v) is 3.50. The van der Waals surface area contributed by atoms with Crippen molar-refractivity contribution in [3.05, 3.63) is 90.0 Å². The summed E-state index contributed by atoms with van der Waals surface area (Å²) in [7, 11) is 0. The minimum absolute atomic E-state index is 0.0467. The van der Waals surface area contributed by atoms with Gasteiger partial charge in [0.15, 0.2) is 0 Å². The third-order valence-corrected chi connectivity index (χ3v) is 4.89. The topological polar surface area (TPSA) is 62.1 Å². The summed E-state index contributed by atoms with van der Waals surface area (Å²) in [6, 6.07) is 27.2. The first-order valence-electron chi connectivity index (χ1n) is 9.76. The molecule has 30 heavy (non-hydrogen) atoms. The summed E-state index contributed by atoms with van der Waals surface area (Å²) in [4.78, 5) is 12.8. The normalized spacial score (nSPS) is 11.3. The highest BCUT2D eigenvalue weighted by atomic mass is 16.5. The number of nitriles is 1. The maximum Gasteiger partial charge on any atom is 0.266 e. The maximum absolute atomic E-state index is 12.8. The number of fused-ring (bicyclic) bond motifs is 2. The van der Waals surface area contributed by atoms with Gasteiger partial charge in [0, 0.05) is 5.69 Å². The molecule has 0 aliphatic heterocycles. The van der Waals surface area contributed by atoms with Gasteiger partial charge in [-0.3, -0.25) is 4.79 Å². The van der Waals surface area contributed by atoms with Crippen molar-refractivity contribution in [2.45, 2.75) is 6.92 Å². The minimum Gasteiger partial charge on any atom is -0.494 e. The second-order valence-corrected chi connectivity index (χ2v) is 6.81. The van der Waals surface area contributed by atoms with E-state index in [-0.39, 0.29) is 5.57 Å². The third-order valence-electron chi connectivity index (χ3n) is 4.89. The van der Waals surface area contributed by atoms with Crippen molar-refractivity contribution in [2.75, 3.05) is 11.9 Å². The van der Waals surface area contributed by atoms with Crippen LogP contribution < -0.4 is 10.1 Å². The smallest absolute Gasteiger partial charge is 0.266 e. The molecule has 0 heterocycles. The van der Waals surface area contributed by atoms with Crippen LogP contribution in [0.1, 0.15) is 12.5 Å². The molecule has 0 saturated heterocycles. The molecule has 0 spiro atoms. The largest absolute Gasteiger partial charge is 0.494 e. The molecule has 0 aliphatic carbocycles. The molecule has 0 saturated carbocycles. The van der Waals surface area contributed by atoms with E-state index in [1.165, 1.54) is 0 Å². The van der Waals surface area contributed by atoms with Crippen LogP contribution in [0.2, 0.25) is 0 Å². The van der Waals surface area contributed by atoms with Crippen LogP contribution in [0.15, 0.2) is 84.4 Å². The summed E-state index contributed by atoms with van der Waals surface area (Å²) in [5.74, 6) is 0.285. The number of ether oxygens (including phenoxy) is 1. The molecule has 0 fully saturated rings. The molecule has 4 aromatic rings. The quantitative estimate of drug-likeness (QED) is 0.260. The molecule has 1 amide bonds. The number of anilines is 1. The molecule has 1 N–H and O–H groups in total. The van der Waals surface area contributed by atoms with Crippen LogP contribution >= 0.6 is 0 Å². The molecule has 0 unspecified atom stereocenters. The number of nitrogens with one attached hydrogen (secondary N) is 1. The van der Waals surface area contributed by atoms with Crippen molar-refractivity contribution < 1.29 is 9.53 Å². The van der Waals surface area contributed by atoms with Crippen LogP contribution in [0.4, 0.5) is 5.69 Å². The second-order valence-electron chi connectivity index (χ2n) is 6.81. The van der Waals surface area contributed by atoms with Gasteiger partial charge in [0.05, 0.1) is 6.61 Å². The Labute approximate surface area is 175 Å². The molecule has 0 radical (unpaired) electrons. The fraction of sp³-hybridized carbons (Fsp3) is 0.0769. The lowest BCUT2D eigenvalue weighted by atomic mass is 9.95. The molecule has 4 nitrogen and oxygen atoms in total. The highest BCUT2D eigenvalue weighted by molar-refractivity contribution is 6.14. The first kappa shape index (κ1) is 19.2. The van der Waals surface area contributed by atoms with Crippen molar-refractivity contribution in [1.82, 2.24) is 0 Å². The zero-order valence-corrected chi connectivity index (χ0v) is 16.6. The average molecular weight is 392 g/mol. The molecule has 0 bridgehead atoms. The number of hydrogen-bond acceptors (Lipinski definition) is 3. The van der Waals surface area contributed by atoms with Gasteiger partial charge in [-0.15, -0.1) is 0 Å². The number of rotatable bonds is 5. The Kier molecular flexibility index (Phi) is 5.45. The lowest BCUT2D eigenvalue weighted by Crippen LogP contribution is -2.13. The van der Waals surface area contributed by atoms with Crippen molar-refractivity contribution in [3.63, 3.8) is 0 Å². The van der Waals surface area contributed by atoms with Gasteiger partial charge >= 0.3 is 0 Å². The van der Waals surface area contributed by atoms with Crippen molar-refractivity contribution in [1.29, 1.82) is 5.26 Å². The molecule has 4 rings (SSSR count). The van der Waals surface area contributed by atoms with E-state index in [0.29, 0.717) is 12.3 Å². The Morgan fingerprint density at radius 1 is 0.967 bits per heavy atom. The van der Waals surface area contributed by atoms with Crippen LogP contribution in [-0.2, 0) is 4.79 Å². The van der Waals surface area contributed by atoms with Gasteiger partial charge in [-0.05, 0) is 70.4 Å². The second kappa shape index (κ2) is 8.50. The number of benzene rings is 4. The molecular formula is C26H20N2O2. The third kappa shape index (κ3) is 3.87. The fourth-order valence-electron chi connectivity index (χ4n) is 3.50. The molecule has 0 atom stereocenters. The van der Waals surface area contributed by atoms with Crippen molar-refractivity contribution in [3.8, 4) is 11.8 Å².